The zero-order valence-corrected chi connectivity index (χ0v) is 13.2. The molecule has 1 aromatic rings. The van der Waals surface area contributed by atoms with Crippen LogP contribution in [-0.4, -0.2) is 46.6 Å². The number of aryl methyl sites for hydroxylation is 1. The lowest BCUT2D eigenvalue weighted by molar-refractivity contribution is -0.117. The minimum Gasteiger partial charge on any atom is -0.360 e. The molecule has 1 amide bonds. The van der Waals surface area contributed by atoms with Crippen molar-refractivity contribution in [2.24, 2.45) is 0 Å². The van der Waals surface area contributed by atoms with Gasteiger partial charge in [0.1, 0.15) is 5.76 Å². The molecule has 2 atom stereocenters. The maximum absolute atomic E-state index is 12.0. The third-order valence-electron chi connectivity index (χ3n) is 3.67. The van der Waals surface area contributed by atoms with E-state index in [9.17, 15) is 4.79 Å². The summed E-state index contributed by atoms with van der Waals surface area (Å²) in [6.07, 6.45) is 3.63. The lowest BCUT2D eigenvalue weighted by Gasteiger charge is -2.23. The van der Waals surface area contributed by atoms with Gasteiger partial charge < -0.3 is 9.84 Å². The van der Waals surface area contributed by atoms with Crippen molar-refractivity contribution in [3.8, 4) is 0 Å². The maximum atomic E-state index is 12.0. The SMILES string of the molecule is CCS[C@@H]1CC[C@@H](N(C)CC(=O)Nc2cc(C)on2)C1. The van der Waals surface area contributed by atoms with E-state index in [4.69, 9.17) is 4.52 Å². The molecule has 20 heavy (non-hydrogen) atoms. The Balaban J connectivity index is 1.76. The van der Waals surface area contributed by atoms with Crippen LogP contribution in [0.1, 0.15) is 31.9 Å². The number of amides is 1. The Bertz CT molecular complexity index is 449. The molecule has 5 nitrogen and oxygen atoms in total. The summed E-state index contributed by atoms with van der Waals surface area (Å²) in [7, 11) is 2.03. The molecule has 1 aliphatic carbocycles. The number of likely N-dealkylation sites (N-methyl/N-ethyl adjacent to an activating group) is 1. The summed E-state index contributed by atoms with van der Waals surface area (Å²) in [6.45, 7) is 4.41. The molecule has 1 N–H and O–H groups in total. The zero-order chi connectivity index (χ0) is 14.5. The highest BCUT2D eigenvalue weighted by Crippen LogP contribution is 2.32. The fourth-order valence-corrected chi connectivity index (χ4v) is 3.80. The second-order valence-corrected chi connectivity index (χ2v) is 6.91. The van der Waals surface area contributed by atoms with Crippen LogP contribution in [0.15, 0.2) is 10.6 Å². The number of nitrogens with zero attached hydrogens (tertiary/aromatic N) is 2. The van der Waals surface area contributed by atoms with Crippen LogP contribution in [-0.2, 0) is 4.79 Å². The van der Waals surface area contributed by atoms with Gasteiger partial charge in [-0.2, -0.15) is 11.8 Å². The number of nitrogens with one attached hydrogen (secondary N) is 1. The Morgan fingerprint density at radius 3 is 3.05 bits per heavy atom. The van der Waals surface area contributed by atoms with Crippen molar-refractivity contribution in [2.45, 2.75) is 44.4 Å². The maximum Gasteiger partial charge on any atom is 0.239 e. The number of carbonyl (C=O) groups is 1. The molecule has 2 rings (SSSR count). The van der Waals surface area contributed by atoms with Gasteiger partial charge in [0, 0.05) is 17.4 Å². The predicted octanol–water partition coefficient (Wildman–Crippen LogP) is 2.53. The van der Waals surface area contributed by atoms with Gasteiger partial charge in [-0.15, -0.1) is 0 Å². The molecule has 1 heterocycles. The third kappa shape index (κ3) is 4.24. The molecule has 1 fully saturated rings. The minimum absolute atomic E-state index is 0.0348. The van der Waals surface area contributed by atoms with Gasteiger partial charge in [-0.1, -0.05) is 12.1 Å². The highest BCUT2D eigenvalue weighted by Gasteiger charge is 2.28. The molecule has 0 unspecified atom stereocenters. The highest BCUT2D eigenvalue weighted by atomic mass is 32.2. The first-order valence-corrected chi connectivity index (χ1v) is 8.18. The smallest absolute Gasteiger partial charge is 0.239 e. The minimum atomic E-state index is -0.0348. The van der Waals surface area contributed by atoms with E-state index in [2.05, 4.69) is 22.3 Å². The topological polar surface area (TPSA) is 58.4 Å². The molecule has 0 aliphatic heterocycles. The first-order chi connectivity index (χ1) is 9.58. The van der Waals surface area contributed by atoms with Crippen LogP contribution >= 0.6 is 11.8 Å². The summed E-state index contributed by atoms with van der Waals surface area (Å²) in [5.74, 6) is 2.33. The van der Waals surface area contributed by atoms with Gasteiger partial charge in [0.05, 0.1) is 6.54 Å². The summed E-state index contributed by atoms with van der Waals surface area (Å²) in [5, 5.41) is 7.29. The predicted molar refractivity (Wildman–Crippen MR) is 82.1 cm³/mol. The van der Waals surface area contributed by atoms with Crippen LogP contribution < -0.4 is 5.32 Å². The number of rotatable bonds is 6. The van der Waals surface area contributed by atoms with E-state index in [1.54, 1.807) is 13.0 Å². The summed E-state index contributed by atoms with van der Waals surface area (Å²) < 4.78 is 4.93. The average molecular weight is 297 g/mol. The first-order valence-electron chi connectivity index (χ1n) is 7.13. The Hall–Kier alpha value is -1.01. The molecule has 6 heteroatoms. The number of anilines is 1. The molecule has 0 saturated heterocycles. The van der Waals surface area contributed by atoms with Gasteiger partial charge in [0.25, 0.3) is 0 Å². The van der Waals surface area contributed by atoms with E-state index in [-0.39, 0.29) is 5.91 Å². The normalized spacial score (nSPS) is 22.4. The number of hydrogen-bond donors (Lipinski definition) is 1. The molecule has 112 valence electrons. The van der Waals surface area contributed by atoms with Crippen molar-refractivity contribution >= 4 is 23.5 Å². The van der Waals surface area contributed by atoms with Gasteiger partial charge in [-0.3, -0.25) is 9.69 Å². The number of carbonyl (C=O) groups excluding carboxylic acids is 1. The number of thioether (sulfide) groups is 1. The van der Waals surface area contributed by atoms with Crippen LogP contribution in [0.5, 0.6) is 0 Å². The van der Waals surface area contributed by atoms with Crippen LogP contribution in [0, 0.1) is 6.92 Å². The van der Waals surface area contributed by atoms with Crippen molar-refractivity contribution < 1.29 is 9.32 Å². The molecular formula is C14H23N3O2S. The van der Waals surface area contributed by atoms with E-state index in [0.29, 0.717) is 24.2 Å². The Labute approximate surface area is 124 Å². The molecule has 0 radical (unpaired) electrons. The molecule has 1 aromatic heterocycles. The average Bonchev–Trinajstić information content (AvgIpc) is 2.99. The fourth-order valence-electron chi connectivity index (χ4n) is 2.67. The largest absolute Gasteiger partial charge is 0.360 e. The molecular weight excluding hydrogens is 274 g/mol. The Morgan fingerprint density at radius 1 is 1.60 bits per heavy atom. The van der Waals surface area contributed by atoms with E-state index in [1.165, 1.54) is 25.0 Å². The molecule has 1 aliphatic rings. The summed E-state index contributed by atoms with van der Waals surface area (Å²) in [4.78, 5) is 14.1. The van der Waals surface area contributed by atoms with E-state index >= 15 is 0 Å². The Kier molecular flexibility index (Phi) is 5.48. The summed E-state index contributed by atoms with van der Waals surface area (Å²) in [5.41, 5.74) is 0. The van der Waals surface area contributed by atoms with Gasteiger partial charge in [-0.25, -0.2) is 0 Å². The van der Waals surface area contributed by atoms with Crippen molar-refractivity contribution in [3.63, 3.8) is 0 Å². The zero-order valence-electron chi connectivity index (χ0n) is 12.4. The molecule has 1 saturated carbocycles. The summed E-state index contributed by atoms with van der Waals surface area (Å²) in [6, 6.07) is 2.24. The fraction of sp³-hybridized carbons (Fsp3) is 0.714. The number of hydrogen-bond acceptors (Lipinski definition) is 5. The van der Waals surface area contributed by atoms with Crippen molar-refractivity contribution in [1.29, 1.82) is 0 Å². The monoisotopic (exact) mass is 297 g/mol. The second-order valence-electron chi connectivity index (χ2n) is 5.33. The molecule has 0 bridgehead atoms. The molecule has 0 spiro atoms. The summed E-state index contributed by atoms with van der Waals surface area (Å²) >= 11 is 2.03. The van der Waals surface area contributed by atoms with Crippen molar-refractivity contribution in [3.05, 3.63) is 11.8 Å². The van der Waals surface area contributed by atoms with E-state index in [0.717, 1.165) is 5.25 Å². The molecule has 0 aromatic carbocycles. The van der Waals surface area contributed by atoms with Crippen LogP contribution in [0.4, 0.5) is 5.82 Å². The van der Waals surface area contributed by atoms with Gasteiger partial charge in [0.15, 0.2) is 5.82 Å². The first kappa shape index (κ1) is 15.4. The van der Waals surface area contributed by atoms with Gasteiger partial charge in [0.2, 0.25) is 5.91 Å². The standard InChI is InChI=1S/C14H23N3O2S/c1-4-20-12-6-5-11(8-12)17(3)9-14(18)15-13-7-10(2)19-16-13/h7,11-12H,4-6,8-9H2,1-3H3,(H,15,16,18)/t11-,12-/m1/s1. The third-order valence-corrected chi connectivity index (χ3v) is 4.90. The van der Waals surface area contributed by atoms with Gasteiger partial charge in [-0.05, 0) is 39.0 Å². The van der Waals surface area contributed by atoms with Crippen LogP contribution in [0.25, 0.3) is 0 Å². The number of aromatic nitrogens is 1. The van der Waals surface area contributed by atoms with Crippen molar-refractivity contribution in [1.82, 2.24) is 10.1 Å². The highest BCUT2D eigenvalue weighted by molar-refractivity contribution is 7.99. The lowest BCUT2D eigenvalue weighted by atomic mass is 10.2. The van der Waals surface area contributed by atoms with Crippen LogP contribution in [0.3, 0.4) is 0 Å². The van der Waals surface area contributed by atoms with E-state index < -0.39 is 0 Å². The van der Waals surface area contributed by atoms with Gasteiger partial charge >= 0.3 is 0 Å². The van der Waals surface area contributed by atoms with Crippen LogP contribution in [0.2, 0.25) is 0 Å². The lowest BCUT2D eigenvalue weighted by Crippen LogP contribution is -2.36. The quantitative estimate of drug-likeness (QED) is 0.874. The second kappa shape index (κ2) is 7.13. The van der Waals surface area contributed by atoms with Crippen molar-refractivity contribution in [2.75, 3.05) is 24.7 Å². The Morgan fingerprint density at radius 2 is 2.40 bits per heavy atom. The van der Waals surface area contributed by atoms with E-state index in [1.807, 2.05) is 18.8 Å².